The van der Waals surface area contributed by atoms with Crippen molar-refractivity contribution in [3.8, 4) is 0 Å². The summed E-state index contributed by atoms with van der Waals surface area (Å²) in [4.78, 5) is 22.7. The molecule has 0 aliphatic rings. The Balaban J connectivity index is 3.96. The fourth-order valence-electron chi connectivity index (χ4n) is 1.49. The van der Waals surface area contributed by atoms with E-state index in [1.54, 1.807) is 14.0 Å². The Hall–Kier alpha value is -1.83. The third-order valence-corrected chi connectivity index (χ3v) is 2.69. The van der Waals surface area contributed by atoms with Gasteiger partial charge in [0.05, 0.1) is 6.04 Å². The lowest BCUT2D eigenvalue weighted by molar-refractivity contribution is -0.128. The monoisotopic (exact) mass is 272 g/mol. The predicted octanol–water partition coefficient (Wildman–Crippen LogP) is -1.78. The Kier molecular flexibility index (Phi) is 8.27. The zero-order valence-electron chi connectivity index (χ0n) is 11.5. The van der Waals surface area contributed by atoms with Crippen LogP contribution in [0.4, 0.5) is 0 Å². The third-order valence-electron chi connectivity index (χ3n) is 2.69. The maximum Gasteiger partial charge on any atom is 0.239 e. The number of nitrogens with one attached hydrogen (secondary N) is 4. The van der Waals surface area contributed by atoms with Gasteiger partial charge in [-0.2, -0.15) is 0 Å². The number of carbonyl (C=O) groups is 2. The van der Waals surface area contributed by atoms with Crippen LogP contribution in [0.5, 0.6) is 0 Å². The molecule has 0 fully saturated rings. The molecule has 8 N–H and O–H groups in total. The molecule has 0 aliphatic carbocycles. The van der Waals surface area contributed by atoms with Gasteiger partial charge >= 0.3 is 0 Å². The third kappa shape index (κ3) is 7.98. The Morgan fingerprint density at radius 2 is 1.89 bits per heavy atom. The number of hydrogen-bond acceptors (Lipinski definition) is 4. The lowest BCUT2D eigenvalue weighted by Crippen LogP contribution is -2.49. The van der Waals surface area contributed by atoms with E-state index in [-0.39, 0.29) is 17.9 Å². The number of unbranched alkanes of at least 4 members (excludes halogenated alkanes) is 1. The molecule has 0 aromatic carbocycles. The number of primary amides is 1. The molecule has 0 unspecified atom stereocenters. The van der Waals surface area contributed by atoms with Gasteiger partial charge in [-0.25, -0.2) is 0 Å². The van der Waals surface area contributed by atoms with Gasteiger partial charge < -0.3 is 27.4 Å². The van der Waals surface area contributed by atoms with Gasteiger partial charge in [0.1, 0.15) is 6.04 Å². The summed E-state index contributed by atoms with van der Waals surface area (Å²) < 4.78 is 0. The summed E-state index contributed by atoms with van der Waals surface area (Å²) in [5, 5.41) is 15.1. The Morgan fingerprint density at radius 3 is 2.37 bits per heavy atom. The molecule has 0 radical (unpaired) electrons. The van der Waals surface area contributed by atoms with E-state index in [9.17, 15) is 9.59 Å². The molecular formula is C11H24N6O2. The maximum atomic E-state index is 11.8. The number of amides is 2. The van der Waals surface area contributed by atoms with Gasteiger partial charge in [0.2, 0.25) is 11.8 Å². The van der Waals surface area contributed by atoms with Crippen molar-refractivity contribution in [1.29, 1.82) is 5.41 Å². The van der Waals surface area contributed by atoms with Crippen molar-refractivity contribution in [3.05, 3.63) is 0 Å². The Morgan fingerprint density at radius 1 is 1.26 bits per heavy atom. The van der Waals surface area contributed by atoms with Gasteiger partial charge in [0, 0.05) is 6.54 Å². The SMILES string of the molecule is CN[C@@H](CCCCNC(=N)N)C(=O)N[C@@H](C)C(N)=O. The van der Waals surface area contributed by atoms with E-state index >= 15 is 0 Å². The smallest absolute Gasteiger partial charge is 0.239 e. The molecule has 110 valence electrons. The predicted molar refractivity (Wildman–Crippen MR) is 73.4 cm³/mol. The highest BCUT2D eigenvalue weighted by molar-refractivity contribution is 5.88. The zero-order chi connectivity index (χ0) is 14.8. The fourth-order valence-corrected chi connectivity index (χ4v) is 1.49. The van der Waals surface area contributed by atoms with Crippen LogP contribution in [-0.2, 0) is 9.59 Å². The van der Waals surface area contributed by atoms with Crippen molar-refractivity contribution in [2.45, 2.75) is 38.3 Å². The first-order chi connectivity index (χ1) is 8.88. The molecule has 2 atom stereocenters. The number of carbonyl (C=O) groups excluding carboxylic acids is 2. The highest BCUT2D eigenvalue weighted by Gasteiger charge is 2.19. The van der Waals surface area contributed by atoms with Gasteiger partial charge in [-0.3, -0.25) is 15.0 Å². The largest absolute Gasteiger partial charge is 0.370 e. The second-order valence-electron chi connectivity index (χ2n) is 4.31. The molecular weight excluding hydrogens is 248 g/mol. The number of nitrogens with two attached hydrogens (primary N) is 2. The Bertz CT molecular complexity index is 320. The summed E-state index contributed by atoms with van der Waals surface area (Å²) in [6, 6.07) is -1.04. The highest BCUT2D eigenvalue weighted by Crippen LogP contribution is 2.01. The van der Waals surface area contributed by atoms with Crippen LogP contribution in [0.2, 0.25) is 0 Å². The number of hydrogen-bond donors (Lipinski definition) is 6. The van der Waals surface area contributed by atoms with Gasteiger partial charge in [-0.1, -0.05) is 0 Å². The first-order valence-electron chi connectivity index (χ1n) is 6.23. The van der Waals surface area contributed by atoms with Crippen molar-refractivity contribution < 1.29 is 9.59 Å². The molecule has 0 saturated carbocycles. The van der Waals surface area contributed by atoms with Crippen LogP contribution in [-0.4, -0.2) is 43.5 Å². The standard InChI is InChI=1S/C11H24N6O2/c1-7(9(12)18)17-10(19)8(15-2)5-3-4-6-16-11(13)14/h7-8,15H,3-6H2,1-2H3,(H2,12,18)(H,17,19)(H4,13,14,16)/t7-,8-/m0/s1. The molecule has 0 aromatic heterocycles. The minimum absolute atomic E-state index is 0.0572. The molecule has 2 amide bonds. The normalized spacial score (nSPS) is 13.4. The van der Waals surface area contributed by atoms with Crippen LogP contribution < -0.4 is 27.4 Å². The average Bonchev–Trinajstić information content (AvgIpc) is 2.32. The van der Waals surface area contributed by atoms with Crippen molar-refractivity contribution in [1.82, 2.24) is 16.0 Å². The van der Waals surface area contributed by atoms with Crippen molar-refractivity contribution >= 4 is 17.8 Å². The lowest BCUT2D eigenvalue weighted by Gasteiger charge is -2.18. The van der Waals surface area contributed by atoms with E-state index in [0.717, 1.165) is 12.8 Å². The van der Waals surface area contributed by atoms with Crippen LogP contribution >= 0.6 is 0 Å². The molecule has 0 heterocycles. The van der Waals surface area contributed by atoms with Crippen molar-refractivity contribution in [2.24, 2.45) is 11.5 Å². The zero-order valence-corrected chi connectivity index (χ0v) is 11.5. The molecule has 0 aromatic rings. The Labute approximate surface area is 113 Å². The minimum atomic E-state index is -0.678. The maximum absolute atomic E-state index is 11.8. The van der Waals surface area contributed by atoms with Crippen LogP contribution in [0.15, 0.2) is 0 Å². The summed E-state index contributed by atoms with van der Waals surface area (Å²) in [6.45, 7) is 2.15. The number of rotatable bonds is 9. The van der Waals surface area contributed by atoms with Crippen LogP contribution in [0.25, 0.3) is 0 Å². The minimum Gasteiger partial charge on any atom is -0.370 e. The van der Waals surface area contributed by atoms with E-state index in [1.165, 1.54) is 0 Å². The second kappa shape index (κ2) is 9.15. The molecule has 0 aliphatic heterocycles. The summed E-state index contributed by atoms with van der Waals surface area (Å²) in [7, 11) is 1.69. The summed E-state index contributed by atoms with van der Waals surface area (Å²) in [6.07, 6.45) is 2.23. The molecule has 0 rings (SSSR count). The second-order valence-corrected chi connectivity index (χ2v) is 4.31. The van der Waals surface area contributed by atoms with E-state index < -0.39 is 11.9 Å². The fraction of sp³-hybridized carbons (Fsp3) is 0.727. The molecule has 19 heavy (non-hydrogen) atoms. The highest BCUT2D eigenvalue weighted by atomic mass is 16.2. The van der Waals surface area contributed by atoms with E-state index in [0.29, 0.717) is 13.0 Å². The van der Waals surface area contributed by atoms with Crippen LogP contribution in [0.3, 0.4) is 0 Å². The lowest BCUT2D eigenvalue weighted by atomic mass is 10.1. The van der Waals surface area contributed by atoms with Gasteiger partial charge in [-0.15, -0.1) is 0 Å². The van der Waals surface area contributed by atoms with Gasteiger partial charge in [-0.05, 0) is 33.2 Å². The van der Waals surface area contributed by atoms with Crippen molar-refractivity contribution in [3.63, 3.8) is 0 Å². The summed E-state index contributed by atoms with van der Waals surface area (Å²) in [5.74, 6) is -0.861. The van der Waals surface area contributed by atoms with E-state index in [1.807, 2.05) is 0 Å². The van der Waals surface area contributed by atoms with Gasteiger partial charge in [0.15, 0.2) is 5.96 Å². The molecule has 0 bridgehead atoms. The summed E-state index contributed by atoms with van der Waals surface area (Å²) in [5.41, 5.74) is 10.2. The average molecular weight is 272 g/mol. The van der Waals surface area contributed by atoms with Crippen LogP contribution in [0, 0.1) is 5.41 Å². The molecule has 0 spiro atoms. The quantitative estimate of drug-likeness (QED) is 0.167. The van der Waals surface area contributed by atoms with Crippen molar-refractivity contribution in [2.75, 3.05) is 13.6 Å². The van der Waals surface area contributed by atoms with Crippen LogP contribution in [0.1, 0.15) is 26.2 Å². The first kappa shape index (κ1) is 17.2. The molecule has 0 saturated heterocycles. The number of guanidine groups is 1. The first-order valence-corrected chi connectivity index (χ1v) is 6.23. The van der Waals surface area contributed by atoms with Gasteiger partial charge in [0.25, 0.3) is 0 Å². The summed E-state index contributed by atoms with van der Waals surface area (Å²) >= 11 is 0. The molecule has 8 heteroatoms. The van der Waals surface area contributed by atoms with E-state index in [2.05, 4.69) is 16.0 Å². The molecule has 8 nitrogen and oxygen atoms in total. The number of likely N-dealkylation sites (N-methyl/N-ethyl adjacent to an activating group) is 1. The topological polar surface area (TPSA) is 146 Å². The van der Waals surface area contributed by atoms with E-state index in [4.69, 9.17) is 16.9 Å².